The summed E-state index contributed by atoms with van der Waals surface area (Å²) in [7, 11) is 0. The summed E-state index contributed by atoms with van der Waals surface area (Å²) in [6, 6.07) is 9.02. The monoisotopic (exact) mass is 263 g/mol. The Bertz CT molecular complexity index is 360. The van der Waals surface area contributed by atoms with Crippen molar-refractivity contribution in [3.8, 4) is 0 Å². The molecule has 0 spiro atoms. The Hall–Kier alpha value is -0.470. The molecule has 0 amide bonds. The molecule has 2 rings (SSSR count). The molecule has 1 saturated carbocycles. The summed E-state index contributed by atoms with van der Waals surface area (Å²) in [5.74, 6) is 2.33. The van der Waals surface area contributed by atoms with Crippen LogP contribution in [0.3, 0.4) is 0 Å². The van der Waals surface area contributed by atoms with Crippen LogP contribution < -0.4 is 5.32 Å². The van der Waals surface area contributed by atoms with Gasteiger partial charge in [-0.15, -0.1) is 11.8 Å². The lowest BCUT2D eigenvalue weighted by Gasteiger charge is -2.20. The van der Waals surface area contributed by atoms with E-state index in [4.69, 9.17) is 0 Å². The number of hydrogen-bond donors (Lipinski definition) is 1. The summed E-state index contributed by atoms with van der Waals surface area (Å²) in [5, 5.41) is 3.52. The number of rotatable bonds is 6. The average molecular weight is 263 g/mol. The van der Waals surface area contributed by atoms with Gasteiger partial charge in [0.25, 0.3) is 0 Å². The van der Waals surface area contributed by atoms with Gasteiger partial charge in [-0.1, -0.05) is 25.0 Å². The predicted octanol–water partition coefficient (Wildman–Crippen LogP) is 4.47. The first-order valence-electron chi connectivity index (χ1n) is 7.00. The largest absolute Gasteiger partial charge is 0.308 e. The smallest absolute Gasteiger partial charge is 0.0210 e. The Morgan fingerprint density at radius 2 is 1.83 bits per heavy atom. The predicted molar refractivity (Wildman–Crippen MR) is 81.1 cm³/mol. The molecule has 0 aromatic heterocycles. The van der Waals surface area contributed by atoms with Crippen LogP contribution in [0.2, 0.25) is 0 Å². The molecule has 1 fully saturated rings. The number of benzene rings is 1. The van der Waals surface area contributed by atoms with Gasteiger partial charge in [-0.05, 0) is 56.6 Å². The van der Waals surface area contributed by atoms with E-state index in [-0.39, 0.29) is 5.54 Å². The van der Waals surface area contributed by atoms with E-state index in [1.807, 2.05) is 11.8 Å². The van der Waals surface area contributed by atoms with E-state index >= 15 is 0 Å². The fourth-order valence-electron chi connectivity index (χ4n) is 1.82. The number of nitrogens with one attached hydrogen (secondary N) is 1. The maximum absolute atomic E-state index is 3.52. The van der Waals surface area contributed by atoms with Crippen molar-refractivity contribution in [2.75, 3.05) is 5.75 Å². The molecular weight excluding hydrogens is 238 g/mol. The Morgan fingerprint density at radius 3 is 2.39 bits per heavy atom. The second-order valence-electron chi connectivity index (χ2n) is 6.33. The third-order valence-electron chi connectivity index (χ3n) is 3.24. The van der Waals surface area contributed by atoms with Crippen LogP contribution in [0.15, 0.2) is 29.2 Å². The SMILES string of the molecule is CC(C)(C)NCc1ccc(SCCC2CC2)cc1. The molecule has 2 heteroatoms. The van der Waals surface area contributed by atoms with Gasteiger partial charge in [0.1, 0.15) is 0 Å². The van der Waals surface area contributed by atoms with Gasteiger partial charge in [-0.25, -0.2) is 0 Å². The first-order valence-corrected chi connectivity index (χ1v) is 7.98. The van der Waals surface area contributed by atoms with Crippen LogP contribution in [0.1, 0.15) is 45.6 Å². The third kappa shape index (κ3) is 5.45. The maximum atomic E-state index is 3.52. The summed E-state index contributed by atoms with van der Waals surface area (Å²) < 4.78 is 0. The van der Waals surface area contributed by atoms with Gasteiger partial charge in [0.15, 0.2) is 0 Å². The Balaban J connectivity index is 1.73. The molecule has 1 nitrogen and oxygen atoms in total. The van der Waals surface area contributed by atoms with Crippen molar-refractivity contribution in [2.45, 2.75) is 57.0 Å². The fourth-order valence-corrected chi connectivity index (χ4v) is 2.84. The molecule has 1 aliphatic carbocycles. The second-order valence-corrected chi connectivity index (χ2v) is 7.50. The molecule has 1 aromatic rings. The molecule has 0 radical (unpaired) electrons. The molecular formula is C16H25NS. The molecule has 18 heavy (non-hydrogen) atoms. The maximum Gasteiger partial charge on any atom is 0.0210 e. The lowest BCUT2D eigenvalue weighted by atomic mass is 10.1. The van der Waals surface area contributed by atoms with E-state index in [0.717, 1.165) is 12.5 Å². The summed E-state index contributed by atoms with van der Waals surface area (Å²) in [5.41, 5.74) is 1.56. The van der Waals surface area contributed by atoms with Crippen molar-refractivity contribution < 1.29 is 0 Å². The van der Waals surface area contributed by atoms with Crippen molar-refractivity contribution in [1.82, 2.24) is 5.32 Å². The molecule has 1 N–H and O–H groups in total. The van der Waals surface area contributed by atoms with Gasteiger partial charge in [0.05, 0.1) is 0 Å². The van der Waals surface area contributed by atoms with E-state index in [9.17, 15) is 0 Å². The Kier molecular flexibility index (Phi) is 4.74. The number of hydrogen-bond acceptors (Lipinski definition) is 2. The zero-order chi connectivity index (χ0) is 13.0. The topological polar surface area (TPSA) is 12.0 Å². The lowest BCUT2D eigenvalue weighted by Crippen LogP contribution is -2.35. The van der Waals surface area contributed by atoms with Gasteiger partial charge in [-0.3, -0.25) is 0 Å². The Morgan fingerprint density at radius 1 is 1.17 bits per heavy atom. The highest BCUT2D eigenvalue weighted by Crippen LogP contribution is 2.34. The summed E-state index contributed by atoms with van der Waals surface area (Å²) >= 11 is 2.00. The van der Waals surface area contributed by atoms with E-state index in [2.05, 4.69) is 50.4 Å². The fraction of sp³-hybridized carbons (Fsp3) is 0.625. The van der Waals surface area contributed by atoms with Crippen molar-refractivity contribution in [3.05, 3.63) is 29.8 Å². The quantitative estimate of drug-likeness (QED) is 0.760. The highest BCUT2D eigenvalue weighted by molar-refractivity contribution is 7.99. The lowest BCUT2D eigenvalue weighted by molar-refractivity contribution is 0.424. The molecule has 1 aromatic carbocycles. The van der Waals surface area contributed by atoms with Crippen LogP contribution in [0, 0.1) is 5.92 Å². The first kappa shape index (κ1) is 14.0. The van der Waals surface area contributed by atoms with E-state index in [1.165, 1.54) is 35.5 Å². The normalized spacial score (nSPS) is 15.9. The van der Waals surface area contributed by atoms with Crippen LogP contribution in [0.5, 0.6) is 0 Å². The third-order valence-corrected chi connectivity index (χ3v) is 4.28. The summed E-state index contributed by atoms with van der Waals surface area (Å²) in [6.07, 6.45) is 4.34. The molecule has 0 heterocycles. The van der Waals surface area contributed by atoms with Gasteiger partial charge >= 0.3 is 0 Å². The van der Waals surface area contributed by atoms with Gasteiger partial charge in [0, 0.05) is 17.0 Å². The zero-order valence-electron chi connectivity index (χ0n) is 11.8. The van der Waals surface area contributed by atoms with Crippen LogP contribution in [-0.4, -0.2) is 11.3 Å². The van der Waals surface area contributed by atoms with Crippen LogP contribution in [0.4, 0.5) is 0 Å². The van der Waals surface area contributed by atoms with Crippen LogP contribution in [0.25, 0.3) is 0 Å². The molecule has 0 unspecified atom stereocenters. The molecule has 0 aliphatic heterocycles. The number of thioether (sulfide) groups is 1. The minimum absolute atomic E-state index is 0.192. The highest BCUT2D eigenvalue weighted by atomic mass is 32.2. The van der Waals surface area contributed by atoms with Crippen molar-refractivity contribution in [1.29, 1.82) is 0 Å². The van der Waals surface area contributed by atoms with Crippen molar-refractivity contribution >= 4 is 11.8 Å². The summed E-state index contributed by atoms with van der Waals surface area (Å²) in [6.45, 7) is 7.57. The van der Waals surface area contributed by atoms with E-state index in [1.54, 1.807) is 0 Å². The van der Waals surface area contributed by atoms with E-state index in [0.29, 0.717) is 0 Å². The van der Waals surface area contributed by atoms with Crippen LogP contribution >= 0.6 is 11.8 Å². The average Bonchev–Trinajstić information content (AvgIpc) is 3.11. The molecule has 0 bridgehead atoms. The zero-order valence-corrected chi connectivity index (χ0v) is 12.6. The second kappa shape index (κ2) is 6.12. The molecule has 0 atom stereocenters. The van der Waals surface area contributed by atoms with Crippen molar-refractivity contribution in [3.63, 3.8) is 0 Å². The summed E-state index contributed by atoms with van der Waals surface area (Å²) in [4.78, 5) is 1.41. The molecule has 100 valence electrons. The highest BCUT2D eigenvalue weighted by Gasteiger charge is 2.20. The molecule has 0 saturated heterocycles. The van der Waals surface area contributed by atoms with Gasteiger partial charge < -0.3 is 5.32 Å². The first-order chi connectivity index (χ1) is 8.53. The van der Waals surface area contributed by atoms with Crippen molar-refractivity contribution in [2.24, 2.45) is 5.92 Å². The minimum atomic E-state index is 0.192. The van der Waals surface area contributed by atoms with Gasteiger partial charge in [0.2, 0.25) is 0 Å². The molecule has 1 aliphatic rings. The Labute approximate surface area is 116 Å². The van der Waals surface area contributed by atoms with E-state index < -0.39 is 0 Å². The standard InChI is InChI=1S/C16H25NS/c1-16(2,3)17-12-14-6-8-15(9-7-14)18-11-10-13-4-5-13/h6-9,13,17H,4-5,10-12H2,1-3H3. The minimum Gasteiger partial charge on any atom is -0.308 e. The van der Waals surface area contributed by atoms with Crippen LogP contribution in [-0.2, 0) is 6.54 Å². The van der Waals surface area contributed by atoms with Gasteiger partial charge in [-0.2, -0.15) is 0 Å².